The van der Waals surface area contributed by atoms with E-state index in [1.165, 1.54) is 0 Å². The van der Waals surface area contributed by atoms with Crippen LogP contribution in [0.2, 0.25) is 0 Å². The van der Waals surface area contributed by atoms with Gasteiger partial charge in [-0.1, -0.05) is 55.5 Å². The van der Waals surface area contributed by atoms with E-state index in [1.54, 1.807) is 7.11 Å². The molecule has 1 N–H and O–H groups in total. The second kappa shape index (κ2) is 9.08. The minimum absolute atomic E-state index is 0.00312. The highest BCUT2D eigenvalue weighted by molar-refractivity contribution is 5.90. The Morgan fingerprint density at radius 2 is 1.81 bits per heavy atom. The summed E-state index contributed by atoms with van der Waals surface area (Å²) < 4.78 is 11.1. The molecule has 3 aromatic carbocycles. The third-order valence-corrected chi connectivity index (χ3v) is 4.41. The van der Waals surface area contributed by atoms with Crippen LogP contribution in [0.25, 0.3) is 10.8 Å². The van der Waals surface area contributed by atoms with Gasteiger partial charge in [0.15, 0.2) is 11.5 Å². The van der Waals surface area contributed by atoms with Crippen molar-refractivity contribution in [2.75, 3.05) is 13.7 Å². The lowest BCUT2D eigenvalue weighted by Crippen LogP contribution is -2.24. The van der Waals surface area contributed by atoms with Gasteiger partial charge in [-0.25, -0.2) is 0 Å². The maximum atomic E-state index is 12.4. The first kappa shape index (κ1) is 18.8. The molecule has 4 heteroatoms. The van der Waals surface area contributed by atoms with Gasteiger partial charge in [-0.05, 0) is 40.5 Å². The number of amides is 1. The fourth-order valence-electron chi connectivity index (χ4n) is 3.04. The molecule has 0 aliphatic heterocycles. The number of nitrogens with one attached hydrogen (secondary N) is 1. The maximum absolute atomic E-state index is 12.4. The van der Waals surface area contributed by atoms with E-state index in [4.69, 9.17) is 9.47 Å². The van der Waals surface area contributed by atoms with Crippen molar-refractivity contribution >= 4 is 16.7 Å². The van der Waals surface area contributed by atoms with Crippen molar-refractivity contribution in [1.29, 1.82) is 0 Å². The van der Waals surface area contributed by atoms with Crippen LogP contribution in [0.1, 0.15) is 24.5 Å². The number of hydrogen-bond donors (Lipinski definition) is 1. The Morgan fingerprint density at radius 1 is 1.00 bits per heavy atom. The molecule has 140 valence electrons. The summed E-state index contributed by atoms with van der Waals surface area (Å²) in [5.74, 6) is 1.41. The first-order valence-corrected chi connectivity index (χ1v) is 9.24. The van der Waals surface area contributed by atoms with Crippen molar-refractivity contribution in [1.82, 2.24) is 5.32 Å². The van der Waals surface area contributed by atoms with Gasteiger partial charge in [-0.2, -0.15) is 0 Å². The quantitative estimate of drug-likeness (QED) is 0.641. The first-order chi connectivity index (χ1) is 13.2. The molecule has 4 nitrogen and oxygen atoms in total. The molecule has 0 saturated heterocycles. The summed E-state index contributed by atoms with van der Waals surface area (Å²) in [6, 6.07) is 19.9. The number of ether oxygens (including phenoxy) is 2. The van der Waals surface area contributed by atoms with Crippen LogP contribution in [0.15, 0.2) is 60.7 Å². The van der Waals surface area contributed by atoms with Crippen molar-refractivity contribution in [3.63, 3.8) is 0 Å². The van der Waals surface area contributed by atoms with Gasteiger partial charge >= 0.3 is 0 Å². The van der Waals surface area contributed by atoms with Gasteiger partial charge in [0.25, 0.3) is 0 Å². The third-order valence-electron chi connectivity index (χ3n) is 4.41. The van der Waals surface area contributed by atoms with Gasteiger partial charge in [0.1, 0.15) is 0 Å². The minimum atomic E-state index is -0.00312. The molecule has 3 aromatic rings. The predicted molar refractivity (Wildman–Crippen MR) is 108 cm³/mol. The SMILES string of the molecule is CCCOc1ccc(CNC(=O)Cc2cccc3ccccc23)cc1OC. The van der Waals surface area contributed by atoms with Crippen LogP contribution in [0.5, 0.6) is 11.5 Å². The fourth-order valence-corrected chi connectivity index (χ4v) is 3.04. The van der Waals surface area contributed by atoms with E-state index in [-0.39, 0.29) is 5.91 Å². The van der Waals surface area contributed by atoms with E-state index >= 15 is 0 Å². The highest BCUT2D eigenvalue weighted by Gasteiger charge is 2.09. The molecule has 0 spiro atoms. The standard InChI is InChI=1S/C23H25NO3/c1-3-13-27-21-12-11-17(14-22(21)26-2)16-24-23(25)15-19-9-6-8-18-7-4-5-10-20(18)19/h4-12,14H,3,13,15-16H2,1-2H3,(H,24,25). The zero-order valence-electron chi connectivity index (χ0n) is 15.8. The van der Waals surface area contributed by atoms with Crippen LogP contribution in [-0.2, 0) is 17.8 Å². The molecule has 0 aliphatic carbocycles. The predicted octanol–water partition coefficient (Wildman–Crippen LogP) is 4.50. The van der Waals surface area contributed by atoms with Crippen LogP contribution in [-0.4, -0.2) is 19.6 Å². The lowest BCUT2D eigenvalue weighted by atomic mass is 10.0. The summed E-state index contributed by atoms with van der Waals surface area (Å²) in [5, 5.41) is 5.26. The van der Waals surface area contributed by atoms with Crippen LogP contribution in [0.4, 0.5) is 0 Å². The molecule has 0 aliphatic rings. The number of rotatable bonds is 8. The summed E-state index contributed by atoms with van der Waals surface area (Å²) in [6.45, 7) is 3.16. The highest BCUT2D eigenvalue weighted by Crippen LogP contribution is 2.28. The molecule has 0 atom stereocenters. The van der Waals surface area contributed by atoms with Crippen LogP contribution in [0.3, 0.4) is 0 Å². The molecule has 1 amide bonds. The van der Waals surface area contributed by atoms with Gasteiger partial charge in [0.2, 0.25) is 5.91 Å². The molecule has 0 aromatic heterocycles. The summed E-state index contributed by atoms with van der Waals surface area (Å²) in [4.78, 5) is 12.4. The van der Waals surface area contributed by atoms with E-state index in [1.807, 2.05) is 42.5 Å². The molecule has 0 heterocycles. The van der Waals surface area contributed by atoms with Crippen molar-refractivity contribution < 1.29 is 14.3 Å². The maximum Gasteiger partial charge on any atom is 0.224 e. The van der Waals surface area contributed by atoms with Gasteiger partial charge in [0, 0.05) is 6.54 Å². The molecule has 27 heavy (non-hydrogen) atoms. The van der Waals surface area contributed by atoms with Crippen LogP contribution < -0.4 is 14.8 Å². The zero-order valence-corrected chi connectivity index (χ0v) is 15.8. The van der Waals surface area contributed by atoms with Gasteiger partial charge in [0.05, 0.1) is 20.1 Å². The van der Waals surface area contributed by atoms with Crippen molar-refractivity contribution in [2.45, 2.75) is 26.3 Å². The Morgan fingerprint density at radius 3 is 2.63 bits per heavy atom. The van der Waals surface area contributed by atoms with Crippen LogP contribution in [0, 0.1) is 0 Å². The second-order valence-corrected chi connectivity index (χ2v) is 6.43. The van der Waals surface area contributed by atoms with E-state index in [2.05, 4.69) is 30.4 Å². The highest BCUT2D eigenvalue weighted by atomic mass is 16.5. The van der Waals surface area contributed by atoms with Crippen LogP contribution >= 0.6 is 0 Å². The fraction of sp³-hybridized carbons (Fsp3) is 0.261. The van der Waals surface area contributed by atoms with Crippen molar-refractivity contribution in [3.8, 4) is 11.5 Å². The smallest absolute Gasteiger partial charge is 0.224 e. The third kappa shape index (κ3) is 4.79. The normalized spacial score (nSPS) is 10.6. The molecule has 0 saturated carbocycles. The molecule has 0 bridgehead atoms. The number of carbonyl (C=O) groups excluding carboxylic acids is 1. The van der Waals surface area contributed by atoms with E-state index in [0.717, 1.165) is 34.1 Å². The number of benzene rings is 3. The monoisotopic (exact) mass is 363 g/mol. The zero-order chi connectivity index (χ0) is 19.1. The lowest BCUT2D eigenvalue weighted by molar-refractivity contribution is -0.120. The van der Waals surface area contributed by atoms with E-state index < -0.39 is 0 Å². The number of carbonyl (C=O) groups is 1. The summed E-state index contributed by atoms with van der Waals surface area (Å²) in [5.41, 5.74) is 2.01. The number of fused-ring (bicyclic) bond motifs is 1. The number of hydrogen-bond acceptors (Lipinski definition) is 3. The first-order valence-electron chi connectivity index (χ1n) is 9.24. The second-order valence-electron chi connectivity index (χ2n) is 6.43. The van der Waals surface area contributed by atoms with Crippen molar-refractivity contribution in [2.24, 2.45) is 0 Å². The Hall–Kier alpha value is -3.01. The topological polar surface area (TPSA) is 47.6 Å². The molecular formula is C23H25NO3. The molecule has 0 radical (unpaired) electrons. The summed E-state index contributed by atoms with van der Waals surface area (Å²) >= 11 is 0. The average molecular weight is 363 g/mol. The lowest BCUT2D eigenvalue weighted by Gasteiger charge is -2.12. The average Bonchev–Trinajstić information content (AvgIpc) is 2.71. The van der Waals surface area contributed by atoms with E-state index in [9.17, 15) is 4.79 Å². The Labute approximate surface area is 160 Å². The van der Waals surface area contributed by atoms with Gasteiger partial charge in [-0.3, -0.25) is 4.79 Å². The van der Waals surface area contributed by atoms with Gasteiger partial charge < -0.3 is 14.8 Å². The molecular weight excluding hydrogens is 338 g/mol. The van der Waals surface area contributed by atoms with Crippen molar-refractivity contribution in [3.05, 3.63) is 71.8 Å². The van der Waals surface area contributed by atoms with E-state index in [0.29, 0.717) is 25.3 Å². The molecule has 0 unspecified atom stereocenters. The molecule has 3 rings (SSSR count). The largest absolute Gasteiger partial charge is 0.493 e. The summed E-state index contributed by atoms with van der Waals surface area (Å²) in [6.07, 6.45) is 1.30. The summed E-state index contributed by atoms with van der Waals surface area (Å²) in [7, 11) is 1.62. The Kier molecular flexibility index (Phi) is 6.31. The Balaban J connectivity index is 1.63. The minimum Gasteiger partial charge on any atom is -0.493 e. The molecule has 0 fully saturated rings. The Bertz CT molecular complexity index is 915. The van der Waals surface area contributed by atoms with Gasteiger partial charge in [-0.15, -0.1) is 0 Å². The number of methoxy groups -OCH3 is 1.